The van der Waals surface area contributed by atoms with Crippen LogP contribution >= 0.6 is 0 Å². The normalized spacial score (nSPS) is 27.0. The van der Waals surface area contributed by atoms with Crippen molar-refractivity contribution in [3.8, 4) is 0 Å². The number of rotatable bonds is 4. The molecule has 1 amide bonds. The van der Waals surface area contributed by atoms with Crippen molar-refractivity contribution in [2.75, 3.05) is 0 Å². The van der Waals surface area contributed by atoms with Gasteiger partial charge in [0.1, 0.15) is 6.10 Å². The third kappa shape index (κ3) is 3.17. The minimum Gasteiger partial charge on any atom is -0.479 e. The molecular formula is C15H19NO4. The maximum absolute atomic E-state index is 12.2. The summed E-state index contributed by atoms with van der Waals surface area (Å²) in [4.78, 5) is 23.5. The van der Waals surface area contributed by atoms with Crippen LogP contribution in [-0.4, -0.2) is 29.2 Å². The highest BCUT2D eigenvalue weighted by Crippen LogP contribution is 2.26. The lowest BCUT2D eigenvalue weighted by molar-refractivity contribution is -0.144. The molecule has 2 rings (SSSR count). The number of aliphatic carboxylic acids is 1. The second kappa shape index (κ2) is 6.05. The second-order valence-electron chi connectivity index (χ2n) is 5.27. The van der Waals surface area contributed by atoms with Gasteiger partial charge in [-0.05, 0) is 24.8 Å². The molecule has 5 heteroatoms. The number of hydrogen-bond donors (Lipinski definition) is 2. The largest absolute Gasteiger partial charge is 0.479 e. The molecule has 1 heterocycles. The van der Waals surface area contributed by atoms with Crippen LogP contribution in [0, 0.1) is 5.92 Å². The van der Waals surface area contributed by atoms with E-state index in [9.17, 15) is 14.7 Å². The van der Waals surface area contributed by atoms with Crippen molar-refractivity contribution in [2.45, 2.75) is 38.5 Å². The van der Waals surface area contributed by atoms with E-state index >= 15 is 0 Å². The molecule has 0 saturated carbocycles. The van der Waals surface area contributed by atoms with Gasteiger partial charge in [0.15, 0.2) is 6.04 Å². The minimum absolute atomic E-state index is 0.0285. The third-order valence-corrected chi connectivity index (χ3v) is 3.52. The van der Waals surface area contributed by atoms with Crippen LogP contribution in [0.1, 0.15) is 31.9 Å². The van der Waals surface area contributed by atoms with Crippen LogP contribution in [0.25, 0.3) is 0 Å². The Balaban J connectivity index is 2.09. The van der Waals surface area contributed by atoms with Gasteiger partial charge in [-0.3, -0.25) is 4.79 Å². The molecule has 1 aliphatic heterocycles. The Labute approximate surface area is 117 Å². The summed E-state index contributed by atoms with van der Waals surface area (Å²) in [6.07, 6.45) is 0.262. The fraction of sp³-hybridized carbons (Fsp3) is 0.467. The highest BCUT2D eigenvalue weighted by molar-refractivity contribution is 5.87. The van der Waals surface area contributed by atoms with E-state index in [1.165, 1.54) is 0 Å². The molecule has 0 bridgehead atoms. The molecule has 1 fully saturated rings. The Hall–Kier alpha value is -1.88. The Bertz CT molecular complexity index is 488. The van der Waals surface area contributed by atoms with Gasteiger partial charge in [0.2, 0.25) is 5.91 Å². The van der Waals surface area contributed by atoms with Crippen LogP contribution in [0.4, 0.5) is 0 Å². The predicted molar refractivity (Wildman–Crippen MR) is 73.1 cm³/mol. The number of carboxylic acid groups (broad SMARTS) is 1. The molecule has 20 heavy (non-hydrogen) atoms. The number of carboxylic acids is 1. The van der Waals surface area contributed by atoms with Crippen LogP contribution < -0.4 is 5.32 Å². The lowest BCUT2D eigenvalue weighted by atomic mass is 10.0. The van der Waals surface area contributed by atoms with E-state index in [4.69, 9.17) is 4.74 Å². The van der Waals surface area contributed by atoms with Crippen LogP contribution in [0.15, 0.2) is 30.3 Å². The van der Waals surface area contributed by atoms with E-state index in [1.54, 1.807) is 30.3 Å². The first-order valence-electron chi connectivity index (χ1n) is 6.72. The standard InChI is InChI=1S/C15H19NO4/c1-9-8-10(2)20-13(9)14(17)16-12(15(18)19)11-6-4-3-5-7-11/h3-7,9-10,12-13H,8H2,1-2H3,(H,16,17)(H,18,19)/t9?,10?,12-,13?/m1/s1. The number of ether oxygens (including phenoxy) is 1. The molecule has 0 radical (unpaired) electrons. The van der Waals surface area contributed by atoms with Crippen molar-refractivity contribution in [3.05, 3.63) is 35.9 Å². The summed E-state index contributed by atoms with van der Waals surface area (Å²) >= 11 is 0. The number of carbonyl (C=O) groups excluding carboxylic acids is 1. The molecule has 0 spiro atoms. The maximum atomic E-state index is 12.2. The molecule has 4 atom stereocenters. The Morgan fingerprint density at radius 3 is 2.45 bits per heavy atom. The third-order valence-electron chi connectivity index (χ3n) is 3.52. The summed E-state index contributed by atoms with van der Waals surface area (Å²) in [5.74, 6) is -1.35. The van der Waals surface area contributed by atoms with Gasteiger partial charge in [0.05, 0.1) is 6.10 Å². The van der Waals surface area contributed by atoms with Crippen LogP contribution in [0.5, 0.6) is 0 Å². The van der Waals surface area contributed by atoms with E-state index in [0.29, 0.717) is 5.56 Å². The highest BCUT2D eigenvalue weighted by atomic mass is 16.5. The molecular weight excluding hydrogens is 258 g/mol. The number of hydrogen-bond acceptors (Lipinski definition) is 3. The molecule has 108 valence electrons. The van der Waals surface area contributed by atoms with Crippen LogP contribution in [0.3, 0.4) is 0 Å². The lowest BCUT2D eigenvalue weighted by Gasteiger charge is -2.19. The average molecular weight is 277 g/mol. The summed E-state index contributed by atoms with van der Waals surface area (Å²) in [5.41, 5.74) is 0.548. The lowest BCUT2D eigenvalue weighted by Crippen LogP contribution is -2.42. The number of benzene rings is 1. The zero-order chi connectivity index (χ0) is 14.7. The molecule has 5 nitrogen and oxygen atoms in total. The minimum atomic E-state index is -1.08. The van der Waals surface area contributed by atoms with E-state index in [2.05, 4.69) is 5.32 Å². The molecule has 2 N–H and O–H groups in total. The zero-order valence-electron chi connectivity index (χ0n) is 11.6. The highest BCUT2D eigenvalue weighted by Gasteiger charge is 2.36. The molecule has 3 unspecified atom stereocenters. The molecule has 0 aromatic heterocycles. The van der Waals surface area contributed by atoms with Gasteiger partial charge in [0.25, 0.3) is 0 Å². The SMILES string of the molecule is CC1CC(C)C(C(=O)N[C@@H](C(=O)O)c2ccccc2)O1. The van der Waals surface area contributed by atoms with E-state index in [-0.39, 0.29) is 17.9 Å². The first-order chi connectivity index (χ1) is 9.49. The van der Waals surface area contributed by atoms with Gasteiger partial charge in [-0.1, -0.05) is 37.3 Å². The summed E-state index contributed by atoms with van der Waals surface area (Å²) in [7, 11) is 0. The van der Waals surface area contributed by atoms with E-state index in [0.717, 1.165) is 6.42 Å². The summed E-state index contributed by atoms with van der Waals surface area (Å²) in [6, 6.07) is 7.60. The Kier molecular flexibility index (Phi) is 4.39. The quantitative estimate of drug-likeness (QED) is 0.879. The van der Waals surface area contributed by atoms with Gasteiger partial charge in [-0.25, -0.2) is 4.79 Å². The van der Waals surface area contributed by atoms with Crippen molar-refractivity contribution in [2.24, 2.45) is 5.92 Å². The van der Waals surface area contributed by atoms with Crippen LogP contribution in [-0.2, 0) is 14.3 Å². The number of carbonyl (C=O) groups is 2. The van der Waals surface area contributed by atoms with Gasteiger partial charge in [-0.2, -0.15) is 0 Å². The fourth-order valence-electron chi connectivity index (χ4n) is 2.56. The summed E-state index contributed by atoms with van der Waals surface area (Å²) in [6.45, 7) is 3.85. The predicted octanol–water partition coefficient (Wildman–Crippen LogP) is 1.74. The van der Waals surface area contributed by atoms with Gasteiger partial charge in [-0.15, -0.1) is 0 Å². The zero-order valence-corrected chi connectivity index (χ0v) is 11.6. The van der Waals surface area contributed by atoms with Gasteiger partial charge in [0, 0.05) is 0 Å². The monoisotopic (exact) mass is 277 g/mol. The first-order valence-corrected chi connectivity index (χ1v) is 6.72. The van der Waals surface area contributed by atoms with Crippen molar-refractivity contribution >= 4 is 11.9 Å². The van der Waals surface area contributed by atoms with Crippen molar-refractivity contribution in [1.82, 2.24) is 5.32 Å². The summed E-state index contributed by atoms with van der Waals surface area (Å²) in [5, 5.41) is 11.8. The summed E-state index contributed by atoms with van der Waals surface area (Å²) < 4.78 is 5.55. The molecule has 1 aromatic carbocycles. The van der Waals surface area contributed by atoms with E-state index in [1.807, 2.05) is 13.8 Å². The maximum Gasteiger partial charge on any atom is 0.330 e. The average Bonchev–Trinajstić information content (AvgIpc) is 2.75. The van der Waals surface area contributed by atoms with E-state index < -0.39 is 18.1 Å². The molecule has 1 saturated heterocycles. The van der Waals surface area contributed by atoms with Crippen molar-refractivity contribution < 1.29 is 19.4 Å². The first kappa shape index (κ1) is 14.5. The van der Waals surface area contributed by atoms with Crippen molar-refractivity contribution in [1.29, 1.82) is 0 Å². The smallest absolute Gasteiger partial charge is 0.330 e. The topological polar surface area (TPSA) is 75.6 Å². The van der Waals surface area contributed by atoms with Gasteiger partial charge >= 0.3 is 5.97 Å². The number of amides is 1. The van der Waals surface area contributed by atoms with Crippen molar-refractivity contribution in [3.63, 3.8) is 0 Å². The Morgan fingerprint density at radius 2 is 1.95 bits per heavy atom. The molecule has 1 aromatic rings. The number of nitrogens with one attached hydrogen (secondary N) is 1. The second-order valence-corrected chi connectivity index (χ2v) is 5.27. The molecule has 0 aliphatic carbocycles. The van der Waals surface area contributed by atoms with Gasteiger partial charge < -0.3 is 15.2 Å². The Morgan fingerprint density at radius 1 is 1.30 bits per heavy atom. The molecule has 1 aliphatic rings. The van der Waals surface area contributed by atoms with Crippen LogP contribution in [0.2, 0.25) is 0 Å². The fourth-order valence-corrected chi connectivity index (χ4v) is 2.56.